The Morgan fingerprint density at radius 1 is 1.32 bits per heavy atom. The van der Waals surface area contributed by atoms with Gasteiger partial charge < -0.3 is 14.4 Å². The van der Waals surface area contributed by atoms with Crippen LogP contribution in [0.1, 0.15) is 12.5 Å². The first-order chi connectivity index (χ1) is 9.02. The maximum Gasteiger partial charge on any atom is 0.387 e. The summed E-state index contributed by atoms with van der Waals surface area (Å²) in [6.45, 7) is -0.101. The van der Waals surface area contributed by atoms with Crippen molar-refractivity contribution >= 4 is 5.91 Å². The zero-order chi connectivity index (χ0) is 14.3. The van der Waals surface area contributed by atoms with Gasteiger partial charge in [0.15, 0.2) is 0 Å². The number of likely N-dealkylation sites (N-methyl/N-ethyl adjacent to an activating group) is 1. The van der Waals surface area contributed by atoms with E-state index in [1.807, 2.05) is 6.92 Å². The first kappa shape index (κ1) is 15.4. The lowest BCUT2D eigenvalue weighted by Gasteiger charge is -2.17. The molecule has 0 saturated heterocycles. The number of benzene rings is 1. The Morgan fingerprint density at radius 3 is 2.47 bits per heavy atom. The molecule has 0 aliphatic heterocycles. The van der Waals surface area contributed by atoms with E-state index in [9.17, 15) is 13.6 Å². The second-order valence-electron chi connectivity index (χ2n) is 3.91. The maximum atomic E-state index is 12.0. The summed E-state index contributed by atoms with van der Waals surface area (Å²) in [5.41, 5.74) is 0.828. The highest BCUT2D eigenvalue weighted by Crippen LogP contribution is 2.15. The molecule has 0 bridgehead atoms. The Balaban J connectivity index is 2.50. The molecular weight excluding hydrogens is 256 g/mol. The lowest BCUT2D eigenvalue weighted by atomic mass is 10.2. The molecule has 1 aromatic carbocycles. The van der Waals surface area contributed by atoms with Gasteiger partial charge in [-0.15, -0.1) is 0 Å². The summed E-state index contributed by atoms with van der Waals surface area (Å²) in [5.74, 6) is -0.0307. The summed E-state index contributed by atoms with van der Waals surface area (Å²) >= 11 is 0. The summed E-state index contributed by atoms with van der Waals surface area (Å²) in [6, 6.07) is 6.18. The Kier molecular flexibility index (Phi) is 6.21. The van der Waals surface area contributed by atoms with Crippen LogP contribution in [0.2, 0.25) is 0 Å². The van der Waals surface area contributed by atoms with E-state index in [1.165, 1.54) is 17.0 Å². The minimum atomic E-state index is -2.83. The predicted octanol–water partition coefficient (Wildman–Crippen LogP) is 2.28. The van der Waals surface area contributed by atoms with Gasteiger partial charge in [0.25, 0.3) is 0 Å². The third kappa shape index (κ3) is 5.65. The molecule has 0 atom stereocenters. The van der Waals surface area contributed by atoms with Gasteiger partial charge in [0, 0.05) is 20.2 Å². The van der Waals surface area contributed by atoms with Crippen molar-refractivity contribution in [3.63, 3.8) is 0 Å². The third-order valence-corrected chi connectivity index (χ3v) is 2.42. The molecule has 1 rings (SSSR count). The number of carbonyl (C=O) groups is 1. The fraction of sp³-hybridized carbons (Fsp3) is 0.462. The van der Waals surface area contributed by atoms with Crippen LogP contribution in [-0.4, -0.2) is 37.7 Å². The minimum Gasteiger partial charge on any atom is -0.435 e. The van der Waals surface area contributed by atoms with Crippen molar-refractivity contribution in [2.45, 2.75) is 20.1 Å². The highest BCUT2D eigenvalue weighted by atomic mass is 19.3. The van der Waals surface area contributed by atoms with Gasteiger partial charge in [0.2, 0.25) is 5.91 Å². The largest absolute Gasteiger partial charge is 0.435 e. The summed E-state index contributed by atoms with van der Waals surface area (Å²) in [4.78, 5) is 13.1. The standard InChI is InChI=1S/C13H17F2NO3/c1-3-18-9-12(17)16(2)8-10-4-6-11(7-5-10)19-13(14)15/h4-7,13H,3,8-9H2,1-2H3. The van der Waals surface area contributed by atoms with Crippen LogP contribution in [0.15, 0.2) is 24.3 Å². The number of alkyl halides is 2. The van der Waals surface area contributed by atoms with Crippen LogP contribution in [0.4, 0.5) is 8.78 Å². The molecule has 0 aliphatic rings. The van der Waals surface area contributed by atoms with E-state index < -0.39 is 6.61 Å². The van der Waals surface area contributed by atoms with E-state index in [4.69, 9.17) is 4.74 Å². The number of ether oxygens (including phenoxy) is 2. The number of hydrogen-bond donors (Lipinski definition) is 0. The normalized spacial score (nSPS) is 10.6. The first-order valence-corrected chi connectivity index (χ1v) is 5.88. The molecule has 0 N–H and O–H groups in total. The lowest BCUT2D eigenvalue weighted by molar-refractivity contribution is -0.135. The van der Waals surface area contributed by atoms with Crippen LogP contribution in [0.25, 0.3) is 0 Å². The van der Waals surface area contributed by atoms with Crippen LogP contribution in [0, 0.1) is 0 Å². The summed E-state index contributed by atoms with van der Waals surface area (Å²) in [7, 11) is 1.66. The number of rotatable bonds is 7. The zero-order valence-corrected chi connectivity index (χ0v) is 10.9. The molecule has 0 radical (unpaired) electrons. The van der Waals surface area contributed by atoms with Crippen molar-refractivity contribution in [2.75, 3.05) is 20.3 Å². The van der Waals surface area contributed by atoms with Gasteiger partial charge in [-0.2, -0.15) is 8.78 Å². The molecule has 0 heterocycles. The Hall–Kier alpha value is -1.69. The summed E-state index contributed by atoms with van der Waals surface area (Å²) in [6.07, 6.45) is 0. The van der Waals surface area contributed by atoms with E-state index in [0.717, 1.165) is 5.56 Å². The smallest absolute Gasteiger partial charge is 0.387 e. The average molecular weight is 273 g/mol. The van der Waals surface area contributed by atoms with Crippen molar-refractivity contribution in [1.29, 1.82) is 0 Å². The SMILES string of the molecule is CCOCC(=O)N(C)Cc1ccc(OC(F)F)cc1. The fourth-order valence-electron chi connectivity index (χ4n) is 1.44. The van der Waals surface area contributed by atoms with E-state index in [1.54, 1.807) is 19.2 Å². The molecule has 1 amide bonds. The number of halogens is 2. The highest BCUT2D eigenvalue weighted by molar-refractivity contribution is 5.77. The molecule has 19 heavy (non-hydrogen) atoms. The predicted molar refractivity (Wildman–Crippen MR) is 66.0 cm³/mol. The molecule has 1 aromatic rings. The van der Waals surface area contributed by atoms with Crippen LogP contribution in [-0.2, 0) is 16.1 Å². The zero-order valence-electron chi connectivity index (χ0n) is 10.9. The van der Waals surface area contributed by atoms with Crippen LogP contribution in [0.3, 0.4) is 0 Å². The molecule has 0 aromatic heterocycles. The Bertz CT molecular complexity index is 395. The molecule has 0 aliphatic carbocycles. The lowest BCUT2D eigenvalue weighted by Crippen LogP contribution is -2.29. The van der Waals surface area contributed by atoms with Gasteiger partial charge in [0.1, 0.15) is 12.4 Å². The van der Waals surface area contributed by atoms with E-state index in [-0.39, 0.29) is 18.3 Å². The molecule has 6 heteroatoms. The number of hydrogen-bond acceptors (Lipinski definition) is 3. The van der Waals surface area contributed by atoms with Gasteiger partial charge in [-0.3, -0.25) is 4.79 Å². The van der Waals surface area contributed by atoms with Gasteiger partial charge in [-0.25, -0.2) is 0 Å². The van der Waals surface area contributed by atoms with Gasteiger partial charge in [-0.05, 0) is 24.6 Å². The quantitative estimate of drug-likeness (QED) is 0.765. The fourth-order valence-corrected chi connectivity index (χ4v) is 1.44. The monoisotopic (exact) mass is 273 g/mol. The van der Waals surface area contributed by atoms with Gasteiger partial charge in [0.05, 0.1) is 0 Å². The highest BCUT2D eigenvalue weighted by Gasteiger charge is 2.09. The number of nitrogens with zero attached hydrogens (tertiary/aromatic N) is 1. The van der Waals surface area contributed by atoms with Crippen molar-refractivity contribution in [3.05, 3.63) is 29.8 Å². The second-order valence-corrected chi connectivity index (χ2v) is 3.91. The Morgan fingerprint density at radius 2 is 1.95 bits per heavy atom. The van der Waals surface area contributed by atoms with Gasteiger partial charge in [-0.1, -0.05) is 12.1 Å². The van der Waals surface area contributed by atoms with E-state index >= 15 is 0 Å². The van der Waals surface area contributed by atoms with Gasteiger partial charge >= 0.3 is 6.61 Å². The van der Waals surface area contributed by atoms with Crippen molar-refractivity contribution < 1.29 is 23.0 Å². The van der Waals surface area contributed by atoms with Crippen LogP contribution < -0.4 is 4.74 Å². The van der Waals surface area contributed by atoms with E-state index in [2.05, 4.69) is 4.74 Å². The first-order valence-electron chi connectivity index (χ1n) is 5.88. The minimum absolute atomic E-state index is 0.0412. The van der Waals surface area contributed by atoms with Crippen molar-refractivity contribution in [1.82, 2.24) is 4.90 Å². The Labute approximate surface area is 110 Å². The van der Waals surface area contributed by atoms with E-state index in [0.29, 0.717) is 13.2 Å². The second kappa shape index (κ2) is 7.68. The molecule has 4 nitrogen and oxygen atoms in total. The molecule has 0 fully saturated rings. The average Bonchev–Trinajstić information content (AvgIpc) is 2.37. The maximum absolute atomic E-state index is 12.0. The molecule has 106 valence electrons. The molecule has 0 unspecified atom stereocenters. The number of carbonyl (C=O) groups excluding carboxylic acids is 1. The third-order valence-electron chi connectivity index (χ3n) is 2.42. The van der Waals surface area contributed by atoms with Crippen LogP contribution >= 0.6 is 0 Å². The molecule has 0 saturated carbocycles. The van der Waals surface area contributed by atoms with Crippen molar-refractivity contribution in [3.8, 4) is 5.75 Å². The summed E-state index contributed by atoms with van der Waals surface area (Å²) in [5, 5.41) is 0. The number of amides is 1. The van der Waals surface area contributed by atoms with Crippen molar-refractivity contribution in [2.24, 2.45) is 0 Å². The molecular formula is C13H17F2NO3. The molecule has 0 spiro atoms. The topological polar surface area (TPSA) is 38.8 Å². The summed E-state index contributed by atoms with van der Waals surface area (Å²) < 4.78 is 33.2. The van der Waals surface area contributed by atoms with Crippen LogP contribution in [0.5, 0.6) is 5.75 Å².